The average Bonchev–Trinajstić information content (AvgIpc) is 2.66. The first kappa shape index (κ1) is 20.0. The largest absolute Gasteiger partial charge is 0.489 e. The van der Waals surface area contributed by atoms with E-state index in [0.717, 1.165) is 5.56 Å². The molecule has 0 fully saturated rings. The Hall–Kier alpha value is -2.76. The van der Waals surface area contributed by atoms with Gasteiger partial charge in [-0.05, 0) is 48.0 Å². The Balaban J connectivity index is 1.63. The maximum absolute atomic E-state index is 13.8. The monoisotopic (exact) mass is 419 g/mol. The third-order valence-electron chi connectivity index (χ3n) is 4.04. The Labute approximate surface area is 171 Å². The molecule has 3 aromatic carbocycles. The van der Waals surface area contributed by atoms with Gasteiger partial charge in [-0.3, -0.25) is 0 Å². The lowest BCUT2D eigenvalue weighted by molar-refractivity contribution is 0.0697. The lowest BCUT2D eigenvalue weighted by Crippen LogP contribution is -2.03. The van der Waals surface area contributed by atoms with Crippen molar-refractivity contribution in [3.05, 3.63) is 93.2 Å². The number of rotatable bonds is 7. The van der Waals surface area contributed by atoms with Crippen molar-refractivity contribution in [2.75, 3.05) is 5.32 Å². The molecule has 0 aromatic heterocycles. The molecule has 0 heterocycles. The minimum absolute atomic E-state index is 0.0225. The van der Waals surface area contributed by atoms with E-state index in [1.165, 1.54) is 12.1 Å². The number of halogens is 3. The summed E-state index contributed by atoms with van der Waals surface area (Å²) in [5, 5.41) is 12.7. The van der Waals surface area contributed by atoms with Gasteiger partial charge in [0.05, 0.1) is 15.6 Å². The van der Waals surface area contributed by atoms with Crippen molar-refractivity contribution < 1.29 is 19.0 Å². The van der Waals surface area contributed by atoms with Crippen molar-refractivity contribution in [3.8, 4) is 5.75 Å². The van der Waals surface area contributed by atoms with E-state index < -0.39 is 11.8 Å². The number of carboxylic acid groups (broad SMARTS) is 1. The van der Waals surface area contributed by atoms with Crippen LogP contribution in [0.1, 0.15) is 21.5 Å². The zero-order valence-corrected chi connectivity index (χ0v) is 16.1. The molecule has 0 aliphatic heterocycles. The van der Waals surface area contributed by atoms with Crippen LogP contribution in [0, 0.1) is 5.82 Å². The van der Waals surface area contributed by atoms with Crippen LogP contribution in [0.3, 0.4) is 0 Å². The number of ether oxygens (including phenoxy) is 1. The second kappa shape index (κ2) is 8.95. The molecule has 0 saturated carbocycles. The van der Waals surface area contributed by atoms with Crippen molar-refractivity contribution in [1.82, 2.24) is 0 Å². The fourth-order valence-corrected chi connectivity index (χ4v) is 3.05. The highest BCUT2D eigenvalue weighted by atomic mass is 35.5. The summed E-state index contributed by atoms with van der Waals surface area (Å²) in [6, 6.07) is 16.5. The summed E-state index contributed by atoms with van der Waals surface area (Å²) in [6.45, 7) is 0.495. The molecule has 0 radical (unpaired) electrons. The topological polar surface area (TPSA) is 58.6 Å². The highest BCUT2D eigenvalue weighted by Gasteiger charge is 2.10. The summed E-state index contributed by atoms with van der Waals surface area (Å²) in [4.78, 5) is 11.0. The fraction of sp³-hybridized carbons (Fsp3) is 0.0952. The predicted octanol–water partition coefficient (Wildman–Crippen LogP) is 6.02. The molecule has 0 amide bonds. The first-order chi connectivity index (χ1) is 13.4. The Morgan fingerprint density at radius 1 is 1.04 bits per heavy atom. The standard InChI is InChI=1S/C21H16Cl2FNO3/c22-18-5-2-6-20(24)17(18)12-28-15-4-1-3-13(9-15)11-25-14-7-8-16(21(26)27)19(23)10-14/h1-10,25H,11-12H2,(H,26,27). The molecule has 0 saturated heterocycles. The van der Waals surface area contributed by atoms with Crippen molar-refractivity contribution in [1.29, 1.82) is 0 Å². The zero-order valence-electron chi connectivity index (χ0n) is 14.6. The number of carboxylic acids is 1. The quantitative estimate of drug-likeness (QED) is 0.491. The maximum Gasteiger partial charge on any atom is 0.337 e. The van der Waals surface area contributed by atoms with Crippen LogP contribution in [0.2, 0.25) is 10.0 Å². The van der Waals surface area contributed by atoms with E-state index in [9.17, 15) is 9.18 Å². The molecule has 0 aliphatic carbocycles. The molecule has 0 spiro atoms. The van der Waals surface area contributed by atoms with Gasteiger partial charge in [-0.25, -0.2) is 9.18 Å². The second-order valence-electron chi connectivity index (χ2n) is 5.99. The molecule has 28 heavy (non-hydrogen) atoms. The molecule has 4 nitrogen and oxygen atoms in total. The summed E-state index contributed by atoms with van der Waals surface area (Å²) < 4.78 is 19.5. The number of benzene rings is 3. The van der Waals surface area contributed by atoms with Gasteiger partial charge in [0, 0.05) is 17.8 Å². The first-order valence-electron chi connectivity index (χ1n) is 8.35. The van der Waals surface area contributed by atoms with E-state index >= 15 is 0 Å². The van der Waals surface area contributed by atoms with Gasteiger partial charge in [-0.2, -0.15) is 0 Å². The van der Waals surface area contributed by atoms with Crippen LogP contribution >= 0.6 is 23.2 Å². The third kappa shape index (κ3) is 4.94. The van der Waals surface area contributed by atoms with Gasteiger partial charge < -0.3 is 15.2 Å². The van der Waals surface area contributed by atoms with Crippen LogP contribution in [-0.4, -0.2) is 11.1 Å². The molecule has 144 valence electrons. The minimum atomic E-state index is -1.07. The normalized spacial score (nSPS) is 10.5. The molecule has 3 aromatic rings. The molecule has 0 aliphatic rings. The molecular formula is C21H16Cl2FNO3. The number of nitrogens with one attached hydrogen (secondary N) is 1. The van der Waals surface area contributed by atoms with Gasteiger partial charge in [0.2, 0.25) is 0 Å². The molecule has 0 atom stereocenters. The third-order valence-corrected chi connectivity index (χ3v) is 4.71. The molecule has 0 bridgehead atoms. The molecular weight excluding hydrogens is 404 g/mol. The van der Waals surface area contributed by atoms with Crippen LogP contribution in [0.5, 0.6) is 5.75 Å². The van der Waals surface area contributed by atoms with Crippen LogP contribution in [0.25, 0.3) is 0 Å². The SMILES string of the molecule is O=C(O)c1ccc(NCc2cccc(OCc3c(F)cccc3Cl)c2)cc1Cl. The van der Waals surface area contributed by atoms with Gasteiger partial charge in [-0.15, -0.1) is 0 Å². The Morgan fingerprint density at radius 3 is 2.54 bits per heavy atom. The zero-order chi connectivity index (χ0) is 20.1. The summed E-state index contributed by atoms with van der Waals surface area (Å²) >= 11 is 12.0. The summed E-state index contributed by atoms with van der Waals surface area (Å²) in [5.41, 5.74) is 1.98. The van der Waals surface area contributed by atoms with Gasteiger partial charge >= 0.3 is 5.97 Å². The fourth-order valence-electron chi connectivity index (χ4n) is 2.57. The smallest absolute Gasteiger partial charge is 0.337 e. The van der Waals surface area contributed by atoms with E-state index in [0.29, 0.717) is 28.6 Å². The van der Waals surface area contributed by atoms with Crippen LogP contribution in [0.15, 0.2) is 60.7 Å². The van der Waals surface area contributed by atoms with Crippen molar-refractivity contribution in [2.24, 2.45) is 0 Å². The number of hydrogen-bond acceptors (Lipinski definition) is 3. The van der Waals surface area contributed by atoms with Crippen molar-refractivity contribution in [2.45, 2.75) is 13.2 Å². The highest BCUT2D eigenvalue weighted by Crippen LogP contribution is 2.24. The van der Waals surface area contributed by atoms with Crippen LogP contribution < -0.4 is 10.1 Å². The predicted molar refractivity (Wildman–Crippen MR) is 108 cm³/mol. The Kier molecular flexibility index (Phi) is 6.39. The second-order valence-corrected chi connectivity index (χ2v) is 6.80. The minimum Gasteiger partial charge on any atom is -0.489 e. The summed E-state index contributed by atoms with van der Waals surface area (Å²) in [5.74, 6) is -0.902. The van der Waals surface area contributed by atoms with E-state index in [1.807, 2.05) is 18.2 Å². The molecule has 2 N–H and O–H groups in total. The maximum atomic E-state index is 13.8. The average molecular weight is 420 g/mol. The van der Waals surface area contributed by atoms with Gasteiger partial charge in [0.1, 0.15) is 18.2 Å². The van der Waals surface area contributed by atoms with Crippen LogP contribution in [0.4, 0.5) is 10.1 Å². The molecule has 0 unspecified atom stereocenters. The number of aromatic carboxylic acids is 1. The van der Waals surface area contributed by atoms with Crippen molar-refractivity contribution >= 4 is 34.9 Å². The van der Waals surface area contributed by atoms with E-state index in [-0.39, 0.29) is 17.2 Å². The molecule has 7 heteroatoms. The number of anilines is 1. The lowest BCUT2D eigenvalue weighted by atomic mass is 10.2. The number of carbonyl (C=O) groups is 1. The van der Waals surface area contributed by atoms with E-state index in [1.54, 1.807) is 30.3 Å². The first-order valence-corrected chi connectivity index (χ1v) is 9.11. The molecule has 3 rings (SSSR count). The summed E-state index contributed by atoms with van der Waals surface area (Å²) in [7, 11) is 0. The van der Waals surface area contributed by atoms with E-state index in [2.05, 4.69) is 5.32 Å². The summed E-state index contributed by atoms with van der Waals surface area (Å²) in [6.07, 6.45) is 0. The van der Waals surface area contributed by atoms with Gasteiger partial charge in [0.15, 0.2) is 0 Å². The lowest BCUT2D eigenvalue weighted by Gasteiger charge is -2.11. The van der Waals surface area contributed by atoms with Crippen LogP contribution in [-0.2, 0) is 13.2 Å². The Bertz CT molecular complexity index is 990. The van der Waals surface area contributed by atoms with E-state index in [4.69, 9.17) is 33.0 Å². The number of hydrogen-bond donors (Lipinski definition) is 2. The Morgan fingerprint density at radius 2 is 1.82 bits per heavy atom. The van der Waals surface area contributed by atoms with Gasteiger partial charge in [-0.1, -0.05) is 41.4 Å². The highest BCUT2D eigenvalue weighted by molar-refractivity contribution is 6.33. The van der Waals surface area contributed by atoms with Crippen molar-refractivity contribution in [3.63, 3.8) is 0 Å². The van der Waals surface area contributed by atoms with Gasteiger partial charge in [0.25, 0.3) is 0 Å².